The Bertz CT molecular complexity index is 548. The van der Waals surface area contributed by atoms with Crippen LogP contribution in [0.1, 0.15) is 16.1 Å². The molecule has 0 spiro atoms. The van der Waals surface area contributed by atoms with Gasteiger partial charge in [-0.2, -0.15) is 0 Å². The smallest absolute Gasteiger partial charge is 0.166 e. The van der Waals surface area contributed by atoms with E-state index >= 15 is 0 Å². The minimum atomic E-state index is 0.598. The molecule has 2 rings (SSSR count). The molecule has 0 saturated carbocycles. The summed E-state index contributed by atoms with van der Waals surface area (Å²) in [6.07, 6.45) is 2.65. The number of aldehydes is 1. The fourth-order valence-corrected chi connectivity index (χ4v) is 2.34. The van der Waals surface area contributed by atoms with E-state index in [2.05, 4.69) is 15.9 Å². The zero-order valence-electron chi connectivity index (χ0n) is 8.58. The normalized spacial score (nSPS) is 10.4. The zero-order chi connectivity index (χ0) is 11.7. The van der Waals surface area contributed by atoms with Gasteiger partial charge in [-0.15, -0.1) is 0 Å². The number of carbonyl (C=O) groups excluding carboxylic acids is 1. The lowest BCUT2D eigenvalue weighted by atomic mass is 10.2. The summed E-state index contributed by atoms with van der Waals surface area (Å²) in [5.74, 6) is 0. The van der Waals surface area contributed by atoms with Crippen molar-refractivity contribution in [3.63, 3.8) is 0 Å². The Morgan fingerprint density at radius 2 is 2.19 bits per heavy atom. The van der Waals surface area contributed by atoms with Crippen LogP contribution in [0.3, 0.4) is 0 Å². The maximum atomic E-state index is 10.9. The van der Waals surface area contributed by atoms with Crippen LogP contribution in [-0.4, -0.2) is 10.9 Å². The SMILES string of the molecule is Cc1cc(Br)c(-n2cccc2C=O)cc1Cl. The average Bonchev–Trinajstić information content (AvgIpc) is 2.71. The van der Waals surface area contributed by atoms with Gasteiger partial charge in [-0.1, -0.05) is 11.6 Å². The minimum absolute atomic E-state index is 0.598. The van der Waals surface area contributed by atoms with E-state index in [0.717, 1.165) is 22.0 Å². The number of benzene rings is 1. The lowest BCUT2D eigenvalue weighted by Gasteiger charge is -2.10. The fourth-order valence-electron chi connectivity index (χ4n) is 1.53. The Balaban J connectivity index is 2.64. The van der Waals surface area contributed by atoms with Crippen molar-refractivity contribution < 1.29 is 4.79 Å². The predicted octanol–water partition coefficient (Wildman–Crippen LogP) is 4.01. The Morgan fingerprint density at radius 3 is 2.88 bits per heavy atom. The number of aromatic nitrogens is 1. The summed E-state index contributed by atoms with van der Waals surface area (Å²) in [7, 11) is 0. The predicted molar refractivity (Wildman–Crippen MR) is 68.6 cm³/mol. The maximum absolute atomic E-state index is 10.9. The summed E-state index contributed by atoms with van der Waals surface area (Å²) >= 11 is 9.55. The first-order chi connectivity index (χ1) is 7.63. The molecule has 1 aromatic carbocycles. The topological polar surface area (TPSA) is 22.0 Å². The molecule has 0 aliphatic carbocycles. The van der Waals surface area contributed by atoms with Gasteiger partial charge in [0.25, 0.3) is 0 Å². The van der Waals surface area contributed by atoms with Crippen LogP contribution in [0.25, 0.3) is 5.69 Å². The van der Waals surface area contributed by atoms with E-state index in [1.807, 2.05) is 31.3 Å². The number of nitrogens with zero attached hydrogens (tertiary/aromatic N) is 1. The summed E-state index contributed by atoms with van der Waals surface area (Å²) in [5, 5.41) is 0.684. The first-order valence-electron chi connectivity index (χ1n) is 4.72. The van der Waals surface area contributed by atoms with Gasteiger partial charge in [0, 0.05) is 15.7 Å². The van der Waals surface area contributed by atoms with Crippen LogP contribution in [0.15, 0.2) is 34.9 Å². The summed E-state index contributed by atoms with van der Waals surface area (Å²) < 4.78 is 2.70. The molecule has 16 heavy (non-hydrogen) atoms. The molecular formula is C12H9BrClNO. The third kappa shape index (κ3) is 1.93. The second-order valence-electron chi connectivity index (χ2n) is 3.47. The van der Waals surface area contributed by atoms with Gasteiger partial charge in [-0.3, -0.25) is 4.79 Å². The highest BCUT2D eigenvalue weighted by Crippen LogP contribution is 2.28. The van der Waals surface area contributed by atoms with E-state index in [0.29, 0.717) is 10.7 Å². The Morgan fingerprint density at radius 1 is 1.44 bits per heavy atom. The lowest BCUT2D eigenvalue weighted by Crippen LogP contribution is -1.99. The van der Waals surface area contributed by atoms with Crippen LogP contribution in [-0.2, 0) is 0 Å². The van der Waals surface area contributed by atoms with Crippen molar-refractivity contribution in [1.82, 2.24) is 4.57 Å². The first-order valence-corrected chi connectivity index (χ1v) is 5.89. The van der Waals surface area contributed by atoms with Crippen molar-refractivity contribution >= 4 is 33.8 Å². The van der Waals surface area contributed by atoms with Gasteiger partial charge >= 0.3 is 0 Å². The highest BCUT2D eigenvalue weighted by molar-refractivity contribution is 9.10. The monoisotopic (exact) mass is 297 g/mol. The minimum Gasteiger partial charge on any atom is -0.313 e. The van der Waals surface area contributed by atoms with Crippen molar-refractivity contribution in [2.75, 3.05) is 0 Å². The molecule has 0 aliphatic rings. The van der Waals surface area contributed by atoms with Gasteiger partial charge in [0.1, 0.15) is 0 Å². The molecule has 0 atom stereocenters. The van der Waals surface area contributed by atoms with Crippen LogP contribution in [0.4, 0.5) is 0 Å². The number of rotatable bonds is 2. The highest BCUT2D eigenvalue weighted by atomic mass is 79.9. The van der Waals surface area contributed by atoms with Crippen LogP contribution in [0, 0.1) is 6.92 Å². The molecule has 2 aromatic rings. The molecule has 0 fully saturated rings. The number of hydrogen-bond acceptors (Lipinski definition) is 1. The third-order valence-corrected chi connectivity index (χ3v) is 3.43. The summed E-state index contributed by atoms with van der Waals surface area (Å²) in [6.45, 7) is 1.94. The standard InChI is InChI=1S/C12H9BrClNO/c1-8-5-10(13)12(6-11(8)14)15-4-2-3-9(15)7-16/h2-7H,1H3. The van der Waals surface area contributed by atoms with Crippen molar-refractivity contribution in [2.24, 2.45) is 0 Å². The number of carbonyl (C=O) groups is 1. The molecule has 0 unspecified atom stereocenters. The van der Waals surface area contributed by atoms with Crippen LogP contribution in [0.2, 0.25) is 5.02 Å². The molecule has 4 heteroatoms. The highest BCUT2D eigenvalue weighted by Gasteiger charge is 2.08. The summed E-state index contributed by atoms with van der Waals surface area (Å²) in [5.41, 5.74) is 2.46. The number of hydrogen-bond donors (Lipinski definition) is 0. The van der Waals surface area contributed by atoms with Crippen LogP contribution in [0.5, 0.6) is 0 Å². The lowest BCUT2D eigenvalue weighted by molar-refractivity contribution is 0.111. The van der Waals surface area contributed by atoms with Crippen LogP contribution >= 0.6 is 27.5 Å². The van der Waals surface area contributed by atoms with Gasteiger partial charge in [0.2, 0.25) is 0 Å². The summed E-state index contributed by atoms with van der Waals surface area (Å²) in [6, 6.07) is 7.36. The largest absolute Gasteiger partial charge is 0.313 e. The molecule has 0 bridgehead atoms. The van der Waals surface area contributed by atoms with E-state index in [1.165, 1.54) is 0 Å². The van der Waals surface area contributed by atoms with Gasteiger partial charge < -0.3 is 4.57 Å². The Labute approximate surface area is 107 Å². The number of aryl methyl sites for hydroxylation is 1. The quantitative estimate of drug-likeness (QED) is 0.768. The second kappa shape index (κ2) is 4.44. The van der Waals surface area contributed by atoms with E-state index < -0.39 is 0 Å². The van der Waals surface area contributed by atoms with E-state index in [4.69, 9.17) is 11.6 Å². The molecule has 0 amide bonds. The Kier molecular flexibility index (Phi) is 3.17. The fraction of sp³-hybridized carbons (Fsp3) is 0.0833. The van der Waals surface area contributed by atoms with Crippen molar-refractivity contribution in [1.29, 1.82) is 0 Å². The van der Waals surface area contributed by atoms with Crippen molar-refractivity contribution in [2.45, 2.75) is 6.92 Å². The molecule has 1 heterocycles. The number of halogens is 2. The molecule has 2 nitrogen and oxygen atoms in total. The van der Waals surface area contributed by atoms with Gasteiger partial charge in [0.15, 0.2) is 6.29 Å². The molecule has 0 saturated heterocycles. The van der Waals surface area contributed by atoms with Crippen molar-refractivity contribution in [3.05, 3.63) is 51.2 Å². The van der Waals surface area contributed by atoms with E-state index in [1.54, 1.807) is 10.6 Å². The maximum Gasteiger partial charge on any atom is 0.166 e. The molecule has 1 aromatic heterocycles. The molecular weight excluding hydrogens is 289 g/mol. The third-order valence-electron chi connectivity index (χ3n) is 2.39. The van der Waals surface area contributed by atoms with Gasteiger partial charge in [0.05, 0.1) is 11.4 Å². The van der Waals surface area contributed by atoms with Crippen molar-refractivity contribution in [3.8, 4) is 5.69 Å². The zero-order valence-corrected chi connectivity index (χ0v) is 10.9. The Hall–Kier alpha value is -1.06. The summed E-state index contributed by atoms with van der Waals surface area (Å²) in [4.78, 5) is 10.9. The second-order valence-corrected chi connectivity index (χ2v) is 4.74. The van der Waals surface area contributed by atoms with Gasteiger partial charge in [-0.05, 0) is 52.7 Å². The first kappa shape index (κ1) is 11.4. The van der Waals surface area contributed by atoms with E-state index in [9.17, 15) is 4.79 Å². The molecule has 0 aliphatic heterocycles. The molecule has 0 radical (unpaired) electrons. The average molecular weight is 299 g/mol. The molecule has 0 N–H and O–H groups in total. The van der Waals surface area contributed by atoms with Gasteiger partial charge in [-0.25, -0.2) is 0 Å². The van der Waals surface area contributed by atoms with E-state index in [-0.39, 0.29) is 0 Å². The molecule has 82 valence electrons. The van der Waals surface area contributed by atoms with Crippen LogP contribution < -0.4 is 0 Å².